The summed E-state index contributed by atoms with van der Waals surface area (Å²) < 4.78 is 2.31. The summed E-state index contributed by atoms with van der Waals surface area (Å²) in [4.78, 5) is 8.69. The van der Waals surface area contributed by atoms with Crippen LogP contribution in [0.15, 0.2) is 0 Å². The molecule has 2 heterocycles. The van der Waals surface area contributed by atoms with Gasteiger partial charge in [0.25, 0.3) is 0 Å². The van der Waals surface area contributed by atoms with Crippen LogP contribution >= 0.6 is 0 Å². The minimum atomic E-state index is 0.110. The number of rotatable bonds is 5. The first-order valence-electron chi connectivity index (χ1n) is 7.55. The van der Waals surface area contributed by atoms with Gasteiger partial charge in [-0.3, -0.25) is 0 Å². The molecule has 110 valence electrons. The van der Waals surface area contributed by atoms with Crippen molar-refractivity contribution in [2.24, 2.45) is 0 Å². The third-order valence-electron chi connectivity index (χ3n) is 4.10. The summed E-state index contributed by atoms with van der Waals surface area (Å²) in [7, 11) is 0. The molecular formula is C16H25N3O. The lowest BCUT2D eigenvalue weighted by Gasteiger charge is -2.20. The van der Waals surface area contributed by atoms with Gasteiger partial charge in [0.2, 0.25) is 5.88 Å². The largest absolute Gasteiger partial charge is 0.493 e. The molecule has 0 saturated heterocycles. The third-order valence-corrected chi connectivity index (χ3v) is 4.10. The Hall–Kier alpha value is -1.58. The first-order chi connectivity index (χ1) is 9.51. The Morgan fingerprint density at radius 3 is 2.20 bits per heavy atom. The van der Waals surface area contributed by atoms with E-state index in [4.69, 9.17) is 0 Å². The van der Waals surface area contributed by atoms with Gasteiger partial charge >= 0.3 is 0 Å². The summed E-state index contributed by atoms with van der Waals surface area (Å²) >= 11 is 0. The number of nitrogens with zero attached hydrogens (tertiary/aromatic N) is 3. The van der Waals surface area contributed by atoms with Gasteiger partial charge < -0.3 is 9.67 Å². The van der Waals surface area contributed by atoms with Crippen LogP contribution in [0.1, 0.15) is 62.7 Å². The Kier molecular flexibility index (Phi) is 4.31. The van der Waals surface area contributed by atoms with Crippen LogP contribution in [0.3, 0.4) is 0 Å². The van der Waals surface area contributed by atoms with Crippen LogP contribution in [0, 0.1) is 20.8 Å². The first-order valence-corrected chi connectivity index (χ1v) is 7.55. The van der Waals surface area contributed by atoms with E-state index in [2.05, 4.69) is 35.3 Å². The number of fused-ring (bicyclic) bond motifs is 1. The molecule has 0 aromatic carbocycles. The monoisotopic (exact) mass is 275 g/mol. The summed E-state index contributed by atoms with van der Waals surface area (Å²) in [6.45, 7) is 10.4. The summed E-state index contributed by atoms with van der Waals surface area (Å²) in [5, 5.41) is 11.0. The Labute approximate surface area is 120 Å². The molecule has 2 aromatic rings. The molecule has 0 aliphatic rings. The van der Waals surface area contributed by atoms with Gasteiger partial charge in [-0.15, -0.1) is 0 Å². The van der Waals surface area contributed by atoms with Crippen molar-refractivity contribution in [1.29, 1.82) is 0 Å². The number of aryl methyl sites for hydroxylation is 2. The van der Waals surface area contributed by atoms with Crippen molar-refractivity contribution in [3.05, 3.63) is 17.1 Å². The Bertz CT molecular complexity index is 610. The number of aromatic nitrogens is 3. The quantitative estimate of drug-likeness (QED) is 0.889. The smallest absolute Gasteiger partial charge is 0.224 e. The van der Waals surface area contributed by atoms with Crippen LogP contribution in [0.5, 0.6) is 5.88 Å². The number of hydrogen-bond donors (Lipinski definition) is 1. The average Bonchev–Trinajstić information content (AvgIpc) is 2.61. The van der Waals surface area contributed by atoms with E-state index in [9.17, 15) is 5.11 Å². The molecule has 0 unspecified atom stereocenters. The fraction of sp³-hybridized carbons (Fsp3) is 0.625. The molecule has 1 N–H and O–H groups in total. The zero-order valence-corrected chi connectivity index (χ0v) is 13.2. The van der Waals surface area contributed by atoms with E-state index in [0.717, 1.165) is 42.3 Å². The highest BCUT2D eigenvalue weighted by atomic mass is 16.3. The standard InChI is InChI=1S/C16H25N3O/c1-6-8-13(9-7-2)19-11(4)10(3)14-15(19)17-12(5)18-16(14)20/h13H,6-9H2,1-5H3,(H,17,18,20). The highest BCUT2D eigenvalue weighted by molar-refractivity contribution is 5.86. The molecule has 2 aromatic heterocycles. The third kappa shape index (κ3) is 2.39. The van der Waals surface area contributed by atoms with Crippen LogP contribution in [0.4, 0.5) is 0 Å². The van der Waals surface area contributed by atoms with E-state index >= 15 is 0 Å². The van der Waals surface area contributed by atoms with E-state index in [-0.39, 0.29) is 5.88 Å². The topological polar surface area (TPSA) is 50.9 Å². The molecule has 0 spiro atoms. The van der Waals surface area contributed by atoms with Gasteiger partial charge in [-0.1, -0.05) is 26.7 Å². The van der Waals surface area contributed by atoms with E-state index in [1.807, 2.05) is 13.8 Å². The molecule has 0 radical (unpaired) electrons. The maximum absolute atomic E-state index is 10.1. The Morgan fingerprint density at radius 2 is 1.65 bits per heavy atom. The van der Waals surface area contributed by atoms with E-state index in [0.29, 0.717) is 11.9 Å². The van der Waals surface area contributed by atoms with E-state index in [1.165, 1.54) is 5.69 Å². The van der Waals surface area contributed by atoms with Crippen molar-refractivity contribution in [2.75, 3.05) is 0 Å². The molecule has 2 rings (SSSR count). The van der Waals surface area contributed by atoms with Crippen LogP contribution in [-0.2, 0) is 0 Å². The van der Waals surface area contributed by atoms with Gasteiger partial charge in [0.1, 0.15) is 11.5 Å². The SMILES string of the molecule is CCCC(CCC)n1c(C)c(C)c2c(O)nc(C)nc21. The zero-order chi connectivity index (χ0) is 14.9. The van der Waals surface area contributed by atoms with Crippen LogP contribution in [0.2, 0.25) is 0 Å². The predicted molar refractivity (Wildman–Crippen MR) is 82.3 cm³/mol. The molecule has 0 amide bonds. The fourth-order valence-electron chi connectivity index (χ4n) is 3.09. The number of hydrogen-bond acceptors (Lipinski definition) is 3. The zero-order valence-electron chi connectivity index (χ0n) is 13.2. The molecule has 0 aliphatic heterocycles. The minimum absolute atomic E-state index is 0.110. The van der Waals surface area contributed by atoms with Gasteiger partial charge in [0.15, 0.2) is 0 Å². The summed E-state index contributed by atoms with van der Waals surface area (Å²) in [6.07, 6.45) is 4.58. The second-order valence-corrected chi connectivity index (χ2v) is 5.60. The molecule has 20 heavy (non-hydrogen) atoms. The highest BCUT2D eigenvalue weighted by Gasteiger charge is 2.21. The summed E-state index contributed by atoms with van der Waals surface area (Å²) in [6, 6.07) is 0.454. The Balaban J connectivity index is 2.71. The summed E-state index contributed by atoms with van der Waals surface area (Å²) in [5.41, 5.74) is 3.17. The molecule has 4 heteroatoms. The van der Waals surface area contributed by atoms with Crippen molar-refractivity contribution < 1.29 is 5.11 Å². The van der Waals surface area contributed by atoms with Crippen LogP contribution < -0.4 is 0 Å². The van der Waals surface area contributed by atoms with E-state index in [1.54, 1.807) is 0 Å². The average molecular weight is 275 g/mol. The predicted octanol–water partition coefficient (Wildman–Crippen LogP) is 4.20. The lowest BCUT2D eigenvalue weighted by Crippen LogP contribution is -2.11. The molecular weight excluding hydrogens is 250 g/mol. The van der Waals surface area contributed by atoms with Gasteiger partial charge in [0, 0.05) is 11.7 Å². The van der Waals surface area contributed by atoms with Crippen molar-refractivity contribution in [3.8, 4) is 5.88 Å². The van der Waals surface area contributed by atoms with Crippen molar-refractivity contribution in [3.63, 3.8) is 0 Å². The van der Waals surface area contributed by atoms with Crippen LogP contribution in [0.25, 0.3) is 11.0 Å². The van der Waals surface area contributed by atoms with Gasteiger partial charge in [-0.05, 0) is 39.2 Å². The highest BCUT2D eigenvalue weighted by Crippen LogP contribution is 2.34. The van der Waals surface area contributed by atoms with E-state index < -0.39 is 0 Å². The van der Waals surface area contributed by atoms with Crippen molar-refractivity contribution >= 4 is 11.0 Å². The fourth-order valence-corrected chi connectivity index (χ4v) is 3.09. The van der Waals surface area contributed by atoms with Gasteiger partial charge in [-0.2, -0.15) is 4.98 Å². The van der Waals surface area contributed by atoms with Crippen LogP contribution in [-0.4, -0.2) is 19.6 Å². The normalized spacial score (nSPS) is 11.7. The first kappa shape index (κ1) is 14.8. The second kappa shape index (κ2) is 5.81. The second-order valence-electron chi connectivity index (χ2n) is 5.60. The molecule has 0 atom stereocenters. The van der Waals surface area contributed by atoms with Gasteiger partial charge in [0.05, 0.1) is 5.39 Å². The molecule has 0 aliphatic carbocycles. The molecule has 4 nitrogen and oxygen atoms in total. The number of aromatic hydroxyl groups is 1. The van der Waals surface area contributed by atoms with Crippen molar-refractivity contribution in [1.82, 2.24) is 14.5 Å². The molecule has 0 saturated carbocycles. The summed E-state index contributed by atoms with van der Waals surface area (Å²) in [5.74, 6) is 0.735. The minimum Gasteiger partial charge on any atom is -0.493 e. The lowest BCUT2D eigenvalue weighted by atomic mass is 10.1. The Morgan fingerprint density at radius 1 is 1.05 bits per heavy atom. The van der Waals surface area contributed by atoms with Gasteiger partial charge in [-0.25, -0.2) is 4.98 Å². The lowest BCUT2D eigenvalue weighted by molar-refractivity contribution is 0.427. The molecule has 0 bridgehead atoms. The van der Waals surface area contributed by atoms with Crippen molar-refractivity contribution in [2.45, 2.75) is 66.3 Å². The maximum atomic E-state index is 10.1. The maximum Gasteiger partial charge on any atom is 0.224 e. The molecule has 0 fully saturated rings.